The van der Waals surface area contributed by atoms with Gasteiger partial charge < -0.3 is 9.26 Å². The molecule has 0 saturated carbocycles. The van der Waals surface area contributed by atoms with E-state index in [0.717, 1.165) is 9.69 Å². The molecule has 126 valence electrons. The smallest absolute Gasteiger partial charge is 0.284 e. The molecule has 0 N–H and O–H groups in total. The predicted molar refractivity (Wildman–Crippen MR) is 78.8 cm³/mol. The number of aromatic nitrogens is 1. The molecule has 0 amide bonds. The Kier molecular flexibility index (Phi) is 4.35. The minimum Gasteiger partial charge on any atom is -0.374 e. The Morgan fingerprint density at radius 1 is 1.30 bits per heavy atom. The third-order valence-electron chi connectivity index (χ3n) is 3.65. The molecule has 23 heavy (non-hydrogen) atoms. The van der Waals surface area contributed by atoms with Crippen LogP contribution in [0, 0.1) is 0 Å². The third-order valence-corrected chi connectivity index (χ3v) is 5.47. The number of benzene rings is 1. The molecular formula is C14H16F2N2O4S. The number of rotatable bonds is 4. The van der Waals surface area contributed by atoms with Crippen molar-refractivity contribution in [3.8, 4) is 0 Å². The molecule has 0 spiro atoms. The van der Waals surface area contributed by atoms with E-state index in [9.17, 15) is 17.2 Å². The number of aryl methyl sites for hydroxylation is 1. The van der Waals surface area contributed by atoms with Gasteiger partial charge in [0.2, 0.25) is 10.0 Å². The van der Waals surface area contributed by atoms with Gasteiger partial charge in [-0.05, 0) is 12.1 Å². The van der Waals surface area contributed by atoms with Crippen LogP contribution in [-0.4, -0.2) is 55.9 Å². The standard InChI is InChI=1S/C14H16F2N2O4S/c15-14(16)9-18(6-7-21-10-14)23(19,20)8-5-12-11-3-1-2-4-13(11)22-17-12/h1-4H,5-10H2. The number of halogens is 2. The first kappa shape index (κ1) is 16.3. The Hall–Kier alpha value is -1.58. The van der Waals surface area contributed by atoms with Gasteiger partial charge in [0.25, 0.3) is 5.92 Å². The van der Waals surface area contributed by atoms with Crippen LogP contribution in [0.3, 0.4) is 0 Å². The highest BCUT2D eigenvalue weighted by molar-refractivity contribution is 7.89. The zero-order valence-electron chi connectivity index (χ0n) is 12.2. The Balaban J connectivity index is 1.73. The molecule has 1 aliphatic rings. The molecule has 0 bridgehead atoms. The number of nitrogens with zero attached hydrogens (tertiary/aromatic N) is 2. The first-order valence-electron chi connectivity index (χ1n) is 7.14. The summed E-state index contributed by atoms with van der Waals surface area (Å²) >= 11 is 0. The van der Waals surface area contributed by atoms with Crippen LogP contribution >= 0.6 is 0 Å². The lowest BCUT2D eigenvalue weighted by molar-refractivity contribution is -0.0630. The predicted octanol–water partition coefficient (Wildman–Crippen LogP) is 1.67. The normalized spacial score (nSPS) is 19.7. The fourth-order valence-corrected chi connectivity index (χ4v) is 3.93. The average Bonchev–Trinajstić information content (AvgIpc) is 2.81. The summed E-state index contributed by atoms with van der Waals surface area (Å²) in [5.74, 6) is -3.48. The summed E-state index contributed by atoms with van der Waals surface area (Å²) < 4.78 is 62.4. The fourth-order valence-electron chi connectivity index (χ4n) is 2.48. The molecule has 1 saturated heterocycles. The zero-order valence-corrected chi connectivity index (χ0v) is 13.1. The molecule has 0 radical (unpaired) electrons. The van der Waals surface area contributed by atoms with Crippen molar-refractivity contribution in [2.45, 2.75) is 12.3 Å². The van der Waals surface area contributed by atoms with Gasteiger partial charge in [0.05, 0.1) is 24.6 Å². The van der Waals surface area contributed by atoms with Crippen LogP contribution < -0.4 is 0 Å². The molecule has 1 fully saturated rings. The van der Waals surface area contributed by atoms with E-state index in [1.54, 1.807) is 24.3 Å². The van der Waals surface area contributed by atoms with Crippen molar-refractivity contribution >= 4 is 21.0 Å². The molecule has 9 heteroatoms. The quantitative estimate of drug-likeness (QED) is 0.842. The van der Waals surface area contributed by atoms with Gasteiger partial charge in [-0.2, -0.15) is 4.31 Å². The molecule has 6 nitrogen and oxygen atoms in total. The minimum atomic E-state index is -3.83. The van der Waals surface area contributed by atoms with Crippen LogP contribution in [0.5, 0.6) is 0 Å². The van der Waals surface area contributed by atoms with E-state index >= 15 is 0 Å². The highest BCUT2D eigenvalue weighted by atomic mass is 32.2. The minimum absolute atomic E-state index is 0.0400. The average molecular weight is 346 g/mol. The zero-order chi connectivity index (χ0) is 16.5. The van der Waals surface area contributed by atoms with E-state index in [2.05, 4.69) is 5.16 Å². The van der Waals surface area contributed by atoms with Gasteiger partial charge in [0.1, 0.15) is 6.61 Å². The van der Waals surface area contributed by atoms with Gasteiger partial charge in [0.15, 0.2) is 5.58 Å². The molecule has 3 rings (SSSR count). The van der Waals surface area contributed by atoms with Crippen molar-refractivity contribution in [3.05, 3.63) is 30.0 Å². The van der Waals surface area contributed by atoms with Crippen LogP contribution in [0.2, 0.25) is 0 Å². The number of alkyl halides is 2. The SMILES string of the molecule is O=S(=O)(CCc1noc2ccccc12)N1CCOCC(F)(F)C1. The van der Waals surface area contributed by atoms with Crippen LogP contribution in [0.15, 0.2) is 28.8 Å². The number of hydrogen-bond donors (Lipinski definition) is 0. The Labute approximate surface area is 132 Å². The number of ether oxygens (including phenoxy) is 1. The second kappa shape index (κ2) is 6.14. The maximum atomic E-state index is 13.5. The van der Waals surface area contributed by atoms with Gasteiger partial charge in [-0.15, -0.1) is 0 Å². The third kappa shape index (κ3) is 3.67. The van der Waals surface area contributed by atoms with Gasteiger partial charge in [-0.3, -0.25) is 0 Å². The van der Waals surface area contributed by atoms with Gasteiger partial charge in [-0.1, -0.05) is 17.3 Å². The van der Waals surface area contributed by atoms with E-state index in [0.29, 0.717) is 11.3 Å². The molecule has 1 aromatic heterocycles. The number of fused-ring (bicyclic) bond motifs is 1. The molecule has 1 aliphatic heterocycles. The van der Waals surface area contributed by atoms with Gasteiger partial charge in [0, 0.05) is 18.4 Å². The maximum absolute atomic E-state index is 13.5. The fraction of sp³-hybridized carbons (Fsp3) is 0.500. The molecule has 1 aromatic carbocycles. The van der Waals surface area contributed by atoms with E-state index in [-0.39, 0.29) is 25.3 Å². The molecule has 2 aromatic rings. The summed E-state index contributed by atoms with van der Waals surface area (Å²) in [6, 6.07) is 7.09. The van der Waals surface area contributed by atoms with Crippen molar-refractivity contribution in [2.75, 3.05) is 32.1 Å². The summed E-state index contributed by atoms with van der Waals surface area (Å²) in [7, 11) is -3.83. The van der Waals surface area contributed by atoms with Crippen molar-refractivity contribution in [2.24, 2.45) is 0 Å². The van der Waals surface area contributed by atoms with Crippen LogP contribution in [0.4, 0.5) is 8.78 Å². The largest absolute Gasteiger partial charge is 0.374 e. The van der Waals surface area contributed by atoms with E-state index in [1.165, 1.54) is 0 Å². The highest BCUT2D eigenvalue weighted by Gasteiger charge is 2.38. The van der Waals surface area contributed by atoms with Gasteiger partial charge >= 0.3 is 0 Å². The summed E-state index contributed by atoms with van der Waals surface area (Å²) in [6.07, 6.45) is 0.0995. The van der Waals surface area contributed by atoms with E-state index in [4.69, 9.17) is 9.26 Å². The molecular weight excluding hydrogens is 330 g/mol. The monoisotopic (exact) mass is 346 g/mol. The van der Waals surface area contributed by atoms with Crippen LogP contribution in [0.25, 0.3) is 11.0 Å². The lowest BCUT2D eigenvalue weighted by atomic mass is 10.2. The molecule has 0 atom stereocenters. The molecule has 0 aliphatic carbocycles. The highest BCUT2D eigenvalue weighted by Crippen LogP contribution is 2.22. The molecule has 0 unspecified atom stereocenters. The van der Waals surface area contributed by atoms with E-state index in [1.807, 2.05) is 0 Å². The lowest BCUT2D eigenvalue weighted by Crippen LogP contribution is -2.42. The number of hydrogen-bond acceptors (Lipinski definition) is 5. The second-order valence-corrected chi connectivity index (χ2v) is 7.52. The number of sulfonamides is 1. The van der Waals surface area contributed by atoms with Crippen molar-refractivity contribution in [3.63, 3.8) is 0 Å². The lowest BCUT2D eigenvalue weighted by Gasteiger charge is -2.22. The number of para-hydroxylation sites is 1. The Morgan fingerprint density at radius 3 is 2.91 bits per heavy atom. The topological polar surface area (TPSA) is 72.6 Å². The summed E-state index contributed by atoms with van der Waals surface area (Å²) in [5.41, 5.74) is 1.07. The van der Waals surface area contributed by atoms with Crippen molar-refractivity contribution < 1.29 is 26.5 Å². The molecule has 2 heterocycles. The summed E-state index contributed by atoms with van der Waals surface area (Å²) in [5, 5.41) is 4.59. The van der Waals surface area contributed by atoms with E-state index < -0.39 is 29.1 Å². The Morgan fingerprint density at radius 2 is 2.09 bits per heavy atom. The first-order valence-corrected chi connectivity index (χ1v) is 8.75. The summed E-state index contributed by atoms with van der Waals surface area (Å²) in [6.45, 7) is -1.72. The summed E-state index contributed by atoms with van der Waals surface area (Å²) in [4.78, 5) is 0. The maximum Gasteiger partial charge on any atom is 0.284 e. The first-order chi connectivity index (χ1) is 10.9. The second-order valence-electron chi connectivity index (χ2n) is 5.43. The van der Waals surface area contributed by atoms with Crippen molar-refractivity contribution in [1.82, 2.24) is 9.46 Å². The van der Waals surface area contributed by atoms with Crippen LogP contribution in [0.1, 0.15) is 5.69 Å². The van der Waals surface area contributed by atoms with Crippen LogP contribution in [-0.2, 0) is 21.2 Å². The van der Waals surface area contributed by atoms with Crippen molar-refractivity contribution in [1.29, 1.82) is 0 Å². The Bertz CT molecular complexity index is 791. The van der Waals surface area contributed by atoms with Gasteiger partial charge in [-0.25, -0.2) is 17.2 Å².